The van der Waals surface area contributed by atoms with Crippen molar-refractivity contribution in [3.05, 3.63) is 206 Å². The average Bonchev–Trinajstić information content (AvgIpc) is 3.54. The molecule has 8 aromatic carbocycles. The summed E-state index contributed by atoms with van der Waals surface area (Å²) < 4.78 is 2.39. The van der Waals surface area contributed by atoms with Gasteiger partial charge >= 0.3 is 0 Å². The minimum absolute atomic E-state index is 1.08. The van der Waals surface area contributed by atoms with E-state index in [1.165, 1.54) is 55.2 Å². The first-order chi connectivity index (χ1) is 24.8. The van der Waals surface area contributed by atoms with Gasteiger partial charge in [0, 0.05) is 33.4 Å². The lowest BCUT2D eigenvalue weighted by Gasteiger charge is -2.29. The quantitative estimate of drug-likeness (QED) is 0.169. The van der Waals surface area contributed by atoms with Crippen molar-refractivity contribution in [3.63, 3.8) is 0 Å². The second-order valence-corrected chi connectivity index (χ2v) is 12.6. The van der Waals surface area contributed by atoms with Crippen LogP contribution in [0.5, 0.6) is 0 Å². The summed E-state index contributed by atoms with van der Waals surface area (Å²) in [5.41, 5.74) is 13.8. The summed E-state index contributed by atoms with van der Waals surface area (Å²) in [7, 11) is 0. The number of fused-ring (bicyclic) bond motifs is 3. The molecule has 0 atom stereocenters. The maximum absolute atomic E-state index is 2.43. The Morgan fingerprint density at radius 2 is 0.820 bits per heavy atom. The Morgan fingerprint density at radius 3 is 1.42 bits per heavy atom. The molecule has 0 unspecified atom stereocenters. The molecule has 0 saturated heterocycles. The van der Waals surface area contributed by atoms with E-state index in [0.29, 0.717) is 0 Å². The number of anilines is 3. The third-order valence-corrected chi connectivity index (χ3v) is 9.55. The molecule has 0 aliphatic carbocycles. The van der Waals surface area contributed by atoms with Crippen molar-refractivity contribution in [2.75, 3.05) is 4.90 Å². The number of nitrogens with zero attached hydrogens (tertiary/aromatic N) is 2. The van der Waals surface area contributed by atoms with Crippen LogP contribution in [0.1, 0.15) is 0 Å². The van der Waals surface area contributed by atoms with Crippen molar-refractivity contribution in [1.82, 2.24) is 4.57 Å². The number of hydrogen-bond donors (Lipinski definition) is 0. The van der Waals surface area contributed by atoms with Crippen LogP contribution < -0.4 is 4.90 Å². The molecule has 9 rings (SSSR count). The molecule has 0 N–H and O–H groups in total. The molecular formula is C48H34N2. The Labute approximate surface area is 292 Å². The second-order valence-electron chi connectivity index (χ2n) is 12.6. The fourth-order valence-electron chi connectivity index (χ4n) is 7.26. The van der Waals surface area contributed by atoms with E-state index in [9.17, 15) is 0 Å². The van der Waals surface area contributed by atoms with E-state index in [2.05, 4.69) is 216 Å². The molecule has 236 valence electrons. The zero-order valence-corrected chi connectivity index (χ0v) is 27.5. The highest BCUT2D eigenvalue weighted by atomic mass is 15.1. The fourth-order valence-corrected chi connectivity index (χ4v) is 7.26. The zero-order chi connectivity index (χ0) is 33.3. The molecule has 0 spiro atoms. The van der Waals surface area contributed by atoms with Crippen molar-refractivity contribution in [2.45, 2.75) is 0 Å². The van der Waals surface area contributed by atoms with Crippen molar-refractivity contribution in [3.8, 4) is 39.1 Å². The Hall–Kier alpha value is -6.64. The maximum atomic E-state index is 2.43. The van der Waals surface area contributed by atoms with Gasteiger partial charge in [-0.1, -0.05) is 152 Å². The van der Waals surface area contributed by atoms with Crippen LogP contribution in [0.2, 0.25) is 0 Å². The topological polar surface area (TPSA) is 8.17 Å². The minimum atomic E-state index is 1.08. The second kappa shape index (κ2) is 12.8. The van der Waals surface area contributed by atoms with Crippen LogP contribution >= 0.6 is 0 Å². The van der Waals surface area contributed by atoms with Gasteiger partial charge in [0.15, 0.2) is 0 Å². The SMILES string of the molecule is c1ccc(-c2cc(-c3ccccc3)cc(N(c3cccc(-n4c5ccccc5c5ccccc54)c3)c3ccccc3-c3ccccc3)c2)cc1. The molecular weight excluding hydrogens is 605 g/mol. The van der Waals surface area contributed by atoms with E-state index in [4.69, 9.17) is 0 Å². The highest BCUT2D eigenvalue weighted by Gasteiger charge is 2.20. The van der Waals surface area contributed by atoms with E-state index >= 15 is 0 Å². The van der Waals surface area contributed by atoms with Crippen molar-refractivity contribution >= 4 is 38.9 Å². The van der Waals surface area contributed by atoms with Crippen LogP contribution in [-0.4, -0.2) is 4.57 Å². The largest absolute Gasteiger partial charge is 0.310 e. The average molecular weight is 639 g/mol. The van der Waals surface area contributed by atoms with Gasteiger partial charge < -0.3 is 9.47 Å². The normalized spacial score (nSPS) is 11.2. The number of benzene rings is 8. The number of hydrogen-bond acceptors (Lipinski definition) is 1. The number of rotatable bonds is 7. The van der Waals surface area contributed by atoms with Crippen LogP contribution in [0.4, 0.5) is 17.1 Å². The van der Waals surface area contributed by atoms with E-state index < -0.39 is 0 Å². The molecule has 0 aliphatic heterocycles. The van der Waals surface area contributed by atoms with Gasteiger partial charge in [-0.05, 0) is 82.4 Å². The lowest BCUT2D eigenvalue weighted by molar-refractivity contribution is 1.17. The Balaban J connectivity index is 1.32. The molecule has 1 heterocycles. The molecule has 2 heteroatoms. The lowest BCUT2D eigenvalue weighted by Crippen LogP contribution is -2.12. The Kier molecular flexibility index (Phi) is 7.53. The molecule has 0 amide bonds. The summed E-state index contributed by atoms with van der Waals surface area (Å²) >= 11 is 0. The zero-order valence-electron chi connectivity index (χ0n) is 27.5. The third kappa shape index (κ3) is 5.34. The first-order valence-corrected chi connectivity index (χ1v) is 17.1. The Bertz CT molecular complexity index is 2470. The summed E-state index contributed by atoms with van der Waals surface area (Å²) in [6, 6.07) is 74.2. The van der Waals surface area contributed by atoms with E-state index in [1.54, 1.807) is 0 Å². The maximum Gasteiger partial charge on any atom is 0.0541 e. The lowest BCUT2D eigenvalue weighted by atomic mass is 9.96. The molecule has 2 nitrogen and oxygen atoms in total. The van der Waals surface area contributed by atoms with E-state index in [1.807, 2.05) is 0 Å². The first-order valence-electron chi connectivity index (χ1n) is 17.1. The summed E-state index contributed by atoms with van der Waals surface area (Å²) in [4.78, 5) is 2.43. The minimum Gasteiger partial charge on any atom is -0.310 e. The Morgan fingerprint density at radius 1 is 0.320 bits per heavy atom. The molecule has 0 saturated carbocycles. The molecule has 50 heavy (non-hydrogen) atoms. The van der Waals surface area contributed by atoms with Crippen molar-refractivity contribution in [1.29, 1.82) is 0 Å². The van der Waals surface area contributed by atoms with Crippen LogP contribution in [0, 0.1) is 0 Å². The third-order valence-electron chi connectivity index (χ3n) is 9.55. The summed E-state index contributed by atoms with van der Waals surface area (Å²) in [5.74, 6) is 0. The highest BCUT2D eigenvalue weighted by molar-refractivity contribution is 6.09. The van der Waals surface area contributed by atoms with Crippen molar-refractivity contribution in [2.24, 2.45) is 0 Å². The fraction of sp³-hybridized carbons (Fsp3) is 0. The summed E-state index contributed by atoms with van der Waals surface area (Å²) in [6.45, 7) is 0. The van der Waals surface area contributed by atoms with Gasteiger partial charge in [-0.15, -0.1) is 0 Å². The van der Waals surface area contributed by atoms with Crippen LogP contribution in [0.25, 0.3) is 60.9 Å². The van der Waals surface area contributed by atoms with Gasteiger partial charge in [0.05, 0.1) is 16.7 Å². The van der Waals surface area contributed by atoms with E-state index in [0.717, 1.165) is 22.7 Å². The molecule has 9 aromatic rings. The molecule has 0 radical (unpaired) electrons. The van der Waals surface area contributed by atoms with Crippen molar-refractivity contribution < 1.29 is 0 Å². The predicted octanol–water partition coefficient (Wildman–Crippen LogP) is 13.3. The van der Waals surface area contributed by atoms with Crippen LogP contribution in [-0.2, 0) is 0 Å². The van der Waals surface area contributed by atoms with Gasteiger partial charge in [-0.25, -0.2) is 0 Å². The van der Waals surface area contributed by atoms with Crippen LogP contribution in [0.15, 0.2) is 206 Å². The molecule has 0 fully saturated rings. The number of aromatic nitrogens is 1. The first kappa shape index (κ1) is 29.5. The van der Waals surface area contributed by atoms with E-state index in [-0.39, 0.29) is 0 Å². The summed E-state index contributed by atoms with van der Waals surface area (Å²) in [6.07, 6.45) is 0. The van der Waals surface area contributed by atoms with Gasteiger partial charge in [0.1, 0.15) is 0 Å². The van der Waals surface area contributed by atoms with Gasteiger partial charge in [-0.2, -0.15) is 0 Å². The monoisotopic (exact) mass is 638 g/mol. The molecule has 1 aromatic heterocycles. The smallest absolute Gasteiger partial charge is 0.0541 e. The predicted molar refractivity (Wildman–Crippen MR) is 212 cm³/mol. The molecule has 0 bridgehead atoms. The number of para-hydroxylation sites is 3. The molecule has 0 aliphatic rings. The van der Waals surface area contributed by atoms with Gasteiger partial charge in [0.25, 0.3) is 0 Å². The van der Waals surface area contributed by atoms with Gasteiger partial charge in [0.2, 0.25) is 0 Å². The van der Waals surface area contributed by atoms with Gasteiger partial charge in [-0.3, -0.25) is 0 Å². The standard InChI is InChI=1S/C48H34N2/c1-4-17-35(18-5-1)38-31-39(36-19-6-2-7-20-36)33-42(32-38)49(46-28-13-10-25-43(46)37-21-8-3-9-22-37)40-23-16-24-41(34-40)50-47-29-14-11-26-44(47)45-27-12-15-30-48(45)50/h1-34H. The highest BCUT2D eigenvalue weighted by Crippen LogP contribution is 2.44. The summed E-state index contributed by atoms with van der Waals surface area (Å²) in [5, 5.41) is 2.51. The van der Waals surface area contributed by atoms with Crippen LogP contribution in [0.3, 0.4) is 0 Å².